The van der Waals surface area contributed by atoms with Gasteiger partial charge in [0.1, 0.15) is 11.8 Å². The van der Waals surface area contributed by atoms with Gasteiger partial charge in [0, 0.05) is 24.2 Å². The Balaban J connectivity index is 1.73. The number of ether oxygens (including phenoxy) is 3. The molecule has 3 amide bonds. The molecule has 0 radical (unpaired) electrons. The first-order chi connectivity index (χ1) is 18.2. The summed E-state index contributed by atoms with van der Waals surface area (Å²) in [6.07, 6.45) is -2.75. The summed E-state index contributed by atoms with van der Waals surface area (Å²) in [6, 6.07) is 11.9. The fourth-order valence-electron chi connectivity index (χ4n) is 3.82. The van der Waals surface area contributed by atoms with E-state index < -0.39 is 36.5 Å². The van der Waals surface area contributed by atoms with Gasteiger partial charge in [-0.25, -0.2) is 9.59 Å². The summed E-state index contributed by atoms with van der Waals surface area (Å²) in [7, 11) is 1.20. The van der Waals surface area contributed by atoms with Crippen molar-refractivity contribution in [3.8, 4) is 11.5 Å². The molecular weight excluding hydrogens is 507 g/mol. The largest absolute Gasteiger partial charge is 0.573 e. The van der Waals surface area contributed by atoms with Gasteiger partial charge in [-0.1, -0.05) is 37.3 Å². The summed E-state index contributed by atoms with van der Waals surface area (Å²) in [5.41, 5.74) is 1.13. The number of hydrogen-bond donors (Lipinski definition) is 1. The van der Waals surface area contributed by atoms with Crippen molar-refractivity contribution < 1.29 is 37.0 Å². The summed E-state index contributed by atoms with van der Waals surface area (Å²) >= 11 is 0. The van der Waals surface area contributed by atoms with Crippen molar-refractivity contribution >= 4 is 24.1 Å². The zero-order chi connectivity index (χ0) is 27.3. The monoisotopic (exact) mass is 531 g/mol. The van der Waals surface area contributed by atoms with Crippen LogP contribution in [0.5, 0.6) is 11.5 Å². The zero-order valence-corrected chi connectivity index (χ0v) is 20.4. The van der Waals surface area contributed by atoms with E-state index in [1.165, 1.54) is 36.5 Å². The number of hydrazone groups is 1. The molecule has 13 heteroatoms. The average molecular weight is 531 g/mol. The van der Waals surface area contributed by atoms with Gasteiger partial charge in [-0.05, 0) is 30.2 Å². The summed E-state index contributed by atoms with van der Waals surface area (Å²) in [6.45, 7) is 2.00. The Morgan fingerprint density at radius 3 is 2.61 bits per heavy atom. The number of nitrogens with one attached hydrogen (secondary N) is 1. The molecule has 2 aliphatic rings. The molecule has 2 atom stereocenters. The molecule has 0 bridgehead atoms. The van der Waals surface area contributed by atoms with E-state index in [9.17, 15) is 22.8 Å². The van der Waals surface area contributed by atoms with Gasteiger partial charge < -0.3 is 19.5 Å². The molecule has 2 unspecified atom stereocenters. The summed E-state index contributed by atoms with van der Waals surface area (Å²) in [5, 5.41) is 8.30. The van der Waals surface area contributed by atoms with Gasteiger partial charge in [-0.2, -0.15) is 10.1 Å². The number of halogens is 3. The Morgan fingerprint density at radius 2 is 1.97 bits per heavy atom. The van der Waals surface area contributed by atoms with Crippen LogP contribution in [0.25, 0.3) is 0 Å². The highest BCUT2D eigenvalue weighted by molar-refractivity contribution is 6.06. The second-order valence-electron chi connectivity index (χ2n) is 8.07. The third-order valence-corrected chi connectivity index (χ3v) is 5.60. The summed E-state index contributed by atoms with van der Waals surface area (Å²) in [4.78, 5) is 31.4. The highest BCUT2D eigenvalue weighted by atomic mass is 19.4. The van der Waals surface area contributed by atoms with Crippen LogP contribution in [-0.4, -0.2) is 60.1 Å². The standard InChI is InChI=1S/C25H24F3N5O5/c1-3-18-21(17-9-10-19(20(15-17)36-2)38-25(26,27)28)31-33(24(35)37-18)22(16-7-5-4-6-8-16)30-23(34)32-13-11-29-12-14-32/h4-13,15,18,22H,3,14H2,1-2H3,(H,30,34). The van der Waals surface area contributed by atoms with Crippen LogP contribution < -0.4 is 14.8 Å². The van der Waals surface area contributed by atoms with Gasteiger partial charge in [-0.15, -0.1) is 13.2 Å². The van der Waals surface area contributed by atoms with Crippen molar-refractivity contribution in [2.75, 3.05) is 13.7 Å². The maximum Gasteiger partial charge on any atom is 0.573 e. The number of benzene rings is 2. The molecule has 0 saturated heterocycles. The van der Waals surface area contributed by atoms with Crippen LogP contribution in [0.1, 0.15) is 30.6 Å². The Morgan fingerprint density at radius 1 is 1.21 bits per heavy atom. The second kappa shape index (κ2) is 11.2. The van der Waals surface area contributed by atoms with Crippen molar-refractivity contribution in [3.63, 3.8) is 0 Å². The average Bonchev–Trinajstić information content (AvgIpc) is 2.92. The number of cyclic esters (lactones) is 1. The van der Waals surface area contributed by atoms with E-state index in [0.717, 1.165) is 11.1 Å². The van der Waals surface area contributed by atoms with E-state index in [2.05, 4.69) is 20.1 Å². The fourth-order valence-corrected chi connectivity index (χ4v) is 3.82. The highest BCUT2D eigenvalue weighted by Gasteiger charge is 2.38. The molecule has 38 heavy (non-hydrogen) atoms. The van der Waals surface area contributed by atoms with Crippen molar-refractivity contribution in [3.05, 3.63) is 72.1 Å². The molecule has 4 rings (SSSR count). The predicted octanol–water partition coefficient (Wildman–Crippen LogP) is 4.79. The quantitative estimate of drug-likeness (QED) is 0.553. The Bertz CT molecular complexity index is 1270. The Kier molecular flexibility index (Phi) is 7.84. The SMILES string of the molecule is CCC1OC(=O)N(C(NC(=O)N2C=CN=CC2)c2ccccc2)N=C1c1ccc(OC(F)(F)F)c(OC)c1. The molecule has 1 N–H and O–H groups in total. The van der Waals surface area contributed by atoms with Crippen LogP contribution in [0.3, 0.4) is 0 Å². The number of alkyl halides is 3. The van der Waals surface area contributed by atoms with Gasteiger partial charge in [0.05, 0.1) is 13.7 Å². The molecular formula is C25H24F3N5O5. The minimum Gasteiger partial charge on any atom is -0.493 e. The van der Waals surface area contributed by atoms with E-state index in [1.54, 1.807) is 43.5 Å². The van der Waals surface area contributed by atoms with E-state index in [0.29, 0.717) is 17.5 Å². The van der Waals surface area contributed by atoms with Crippen LogP contribution in [0.15, 0.2) is 71.0 Å². The lowest BCUT2D eigenvalue weighted by Crippen LogP contribution is -2.50. The number of carbonyl (C=O) groups is 2. The number of hydrogen-bond acceptors (Lipinski definition) is 7. The van der Waals surface area contributed by atoms with E-state index in [1.807, 2.05) is 0 Å². The first-order valence-corrected chi connectivity index (χ1v) is 11.5. The zero-order valence-electron chi connectivity index (χ0n) is 20.4. The predicted molar refractivity (Wildman–Crippen MR) is 131 cm³/mol. The second-order valence-corrected chi connectivity index (χ2v) is 8.07. The molecule has 2 aromatic rings. The van der Waals surface area contributed by atoms with E-state index in [4.69, 9.17) is 9.47 Å². The molecule has 2 aliphatic heterocycles. The number of amides is 3. The Hall–Kier alpha value is -4.55. The number of rotatable bonds is 7. The molecule has 2 aromatic carbocycles. The summed E-state index contributed by atoms with van der Waals surface area (Å²) < 4.78 is 53.1. The number of carbonyl (C=O) groups excluding carboxylic acids is 2. The normalized spacial score (nSPS) is 18.0. The minimum absolute atomic E-state index is 0.188. The van der Waals surface area contributed by atoms with E-state index >= 15 is 0 Å². The number of nitrogens with zero attached hydrogens (tertiary/aromatic N) is 4. The Labute approximate surface area is 216 Å². The molecule has 10 nitrogen and oxygen atoms in total. The number of aliphatic imine (C=N–C) groups is 1. The van der Waals surface area contributed by atoms with Gasteiger partial charge in [0.2, 0.25) is 0 Å². The first kappa shape index (κ1) is 26.5. The van der Waals surface area contributed by atoms with Crippen LogP contribution in [-0.2, 0) is 4.74 Å². The molecule has 0 fully saturated rings. The lowest BCUT2D eigenvalue weighted by molar-refractivity contribution is -0.275. The van der Waals surface area contributed by atoms with Gasteiger partial charge in [0.15, 0.2) is 17.7 Å². The van der Waals surface area contributed by atoms with Crippen molar-refractivity contribution in [1.82, 2.24) is 15.2 Å². The maximum absolute atomic E-state index is 13.1. The topological polar surface area (TPSA) is 105 Å². The van der Waals surface area contributed by atoms with Crippen LogP contribution in [0.4, 0.5) is 22.8 Å². The lowest BCUT2D eigenvalue weighted by Gasteiger charge is -2.35. The molecule has 0 saturated carbocycles. The molecule has 0 spiro atoms. The molecule has 0 aromatic heterocycles. The van der Waals surface area contributed by atoms with Crippen molar-refractivity contribution in [2.24, 2.45) is 10.1 Å². The lowest BCUT2D eigenvalue weighted by atomic mass is 10.0. The van der Waals surface area contributed by atoms with Gasteiger partial charge in [-0.3, -0.25) is 9.89 Å². The minimum atomic E-state index is -4.91. The van der Waals surface area contributed by atoms with Crippen LogP contribution >= 0.6 is 0 Å². The van der Waals surface area contributed by atoms with Crippen LogP contribution in [0.2, 0.25) is 0 Å². The smallest absolute Gasteiger partial charge is 0.493 e. The van der Waals surface area contributed by atoms with Crippen molar-refractivity contribution in [1.29, 1.82) is 0 Å². The number of urea groups is 1. The molecule has 2 heterocycles. The van der Waals surface area contributed by atoms with Crippen molar-refractivity contribution in [2.45, 2.75) is 32.0 Å². The van der Waals surface area contributed by atoms with E-state index in [-0.39, 0.29) is 18.0 Å². The highest BCUT2D eigenvalue weighted by Crippen LogP contribution is 2.34. The first-order valence-electron chi connectivity index (χ1n) is 11.5. The summed E-state index contributed by atoms with van der Waals surface area (Å²) in [5.74, 6) is -0.720. The number of methoxy groups -OCH3 is 1. The fraction of sp³-hybridized carbons (Fsp3) is 0.280. The third-order valence-electron chi connectivity index (χ3n) is 5.60. The van der Waals surface area contributed by atoms with Gasteiger partial charge in [0.25, 0.3) is 0 Å². The van der Waals surface area contributed by atoms with Crippen LogP contribution in [0, 0.1) is 0 Å². The maximum atomic E-state index is 13.1. The molecule has 0 aliphatic carbocycles. The third kappa shape index (κ3) is 6.05. The van der Waals surface area contributed by atoms with Gasteiger partial charge >= 0.3 is 18.5 Å². The molecule has 200 valence electrons.